The summed E-state index contributed by atoms with van der Waals surface area (Å²) in [6, 6.07) is 25.3. The minimum atomic E-state index is -5.16. The van der Waals surface area contributed by atoms with Crippen LogP contribution in [0.2, 0.25) is 0 Å². The summed E-state index contributed by atoms with van der Waals surface area (Å²) in [7, 11) is 0. The second-order valence-corrected chi connectivity index (χ2v) is 10.7. The number of aromatic nitrogens is 2. The van der Waals surface area contributed by atoms with Gasteiger partial charge in [0.05, 0.1) is 17.9 Å². The first kappa shape index (κ1) is 30.7. The van der Waals surface area contributed by atoms with Crippen molar-refractivity contribution in [2.75, 3.05) is 4.90 Å². The summed E-state index contributed by atoms with van der Waals surface area (Å²) >= 11 is 0. The maximum absolute atomic E-state index is 13.8. The number of amides is 1. The highest BCUT2D eigenvalue weighted by Crippen LogP contribution is 2.33. The topological polar surface area (TPSA) is 81.6 Å². The Morgan fingerprint density at radius 2 is 1.45 bits per heavy atom. The van der Waals surface area contributed by atoms with Gasteiger partial charge in [-0.2, -0.15) is 23.4 Å². The molecule has 10 heteroatoms. The molecule has 0 aliphatic heterocycles. The van der Waals surface area contributed by atoms with Crippen LogP contribution >= 0.6 is 0 Å². The zero-order chi connectivity index (χ0) is 30.9. The number of benzene rings is 3. The van der Waals surface area contributed by atoms with Crippen molar-refractivity contribution in [3.05, 3.63) is 119 Å². The maximum atomic E-state index is 13.8. The van der Waals surface area contributed by atoms with Gasteiger partial charge in [0.15, 0.2) is 0 Å². The number of rotatable bonds is 10. The molecule has 0 saturated heterocycles. The Hall–Kier alpha value is -4.73. The monoisotopic (exact) mass is 603 g/mol. The average Bonchev–Trinajstić information content (AvgIpc) is 3.06. The van der Waals surface area contributed by atoms with Gasteiger partial charge in [0.2, 0.25) is 0 Å². The van der Waals surface area contributed by atoms with E-state index < -0.39 is 24.6 Å². The lowest BCUT2D eigenvalue weighted by Crippen LogP contribution is -2.41. The molecule has 1 saturated carbocycles. The van der Waals surface area contributed by atoms with Gasteiger partial charge in [-0.3, -0.25) is 9.69 Å². The SMILES string of the molecule is O=C(OCc1ccccc1)c1ccc(N(Cc2ccc(C3CCCCC3)nn2)C(=O)C(F)(F)F)cc1OCc1ccccc1. The summed E-state index contributed by atoms with van der Waals surface area (Å²) in [5, 5.41) is 8.44. The van der Waals surface area contributed by atoms with Crippen LogP contribution in [-0.2, 0) is 29.3 Å². The summed E-state index contributed by atoms with van der Waals surface area (Å²) in [6.07, 6.45) is 0.223. The van der Waals surface area contributed by atoms with Crippen molar-refractivity contribution in [1.29, 1.82) is 0 Å². The fourth-order valence-electron chi connectivity index (χ4n) is 5.17. The lowest BCUT2D eigenvalue weighted by atomic mass is 9.87. The third-order valence-electron chi connectivity index (χ3n) is 7.52. The van der Waals surface area contributed by atoms with Gasteiger partial charge in [0.1, 0.15) is 24.5 Å². The largest absolute Gasteiger partial charge is 0.488 e. The molecule has 4 aromatic rings. The number of alkyl halides is 3. The average molecular weight is 604 g/mol. The zero-order valence-corrected chi connectivity index (χ0v) is 24.0. The van der Waals surface area contributed by atoms with Crippen molar-refractivity contribution in [3.8, 4) is 5.75 Å². The molecule has 1 aliphatic carbocycles. The number of anilines is 1. The summed E-state index contributed by atoms with van der Waals surface area (Å²) in [4.78, 5) is 26.3. The lowest BCUT2D eigenvalue weighted by molar-refractivity contribution is -0.170. The molecule has 1 amide bonds. The van der Waals surface area contributed by atoms with Crippen molar-refractivity contribution in [2.45, 2.75) is 64.0 Å². The number of hydrogen-bond donors (Lipinski definition) is 0. The van der Waals surface area contributed by atoms with E-state index in [9.17, 15) is 22.8 Å². The van der Waals surface area contributed by atoms with E-state index >= 15 is 0 Å². The highest BCUT2D eigenvalue weighted by Gasteiger charge is 2.43. The van der Waals surface area contributed by atoms with Crippen LogP contribution in [0, 0.1) is 0 Å². The molecule has 0 unspecified atom stereocenters. The Labute approximate surface area is 253 Å². The van der Waals surface area contributed by atoms with E-state index in [1.807, 2.05) is 48.5 Å². The Balaban J connectivity index is 1.43. The Bertz CT molecular complexity index is 1540. The van der Waals surface area contributed by atoms with Gasteiger partial charge in [-0.1, -0.05) is 79.9 Å². The molecular formula is C34H32F3N3O4. The Kier molecular flexibility index (Phi) is 9.89. The number of nitrogens with zero attached hydrogens (tertiary/aromatic N) is 3. The Morgan fingerprint density at radius 1 is 0.795 bits per heavy atom. The molecule has 0 N–H and O–H groups in total. The van der Waals surface area contributed by atoms with Gasteiger partial charge in [-0.25, -0.2) is 4.79 Å². The molecule has 1 aliphatic rings. The quantitative estimate of drug-likeness (QED) is 0.174. The van der Waals surface area contributed by atoms with Crippen LogP contribution < -0.4 is 9.64 Å². The molecule has 0 spiro atoms. The van der Waals surface area contributed by atoms with E-state index in [1.54, 1.807) is 24.3 Å². The summed E-state index contributed by atoms with van der Waals surface area (Å²) in [6.45, 7) is -0.454. The van der Waals surface area contributed by atoms with E-state index in [1.165, 1.54) is 24.6 Å². The van der Waals surface area contributed by atoms with Crippen LogP contribution in [0.5, 0.6) is 5.75 Å². The van der Waals surface area contributed by atoms with Crippen LogP contribution in [0.25, 0.3) is 0 Å². The molecule has 5 rings (SSSR count). The minimum absolute atomic E-state index is 0.00619. The Morgan fingerprint density at radius 3 is 2.07 bits per heavy atom. The fraction of sp³-hybridized carbons (Fsp3) is 0.294. The second kappa shape index (κ2) is 14.2. The molecule has 7 nitrogen and oxygen atoms in total. The van der Waals surface area contributed by atoms with Crippen LogP contribution in [0.3, 0.4) is 0 Å². The second-order valence-electron chi connectivity index (χ2n) is 10.7. The molecular weight excluding hydrogens is 571 g/mol. The van der Waals surface area contributed by atoms with E-state index in [4.69, 9.17) is 9.47 Å². The molecule has 3 aromatic carbocycles. The smallest absolute Gasteiger partial charge is 0.471 e. The van der Waals surface area contributed by atoms with E-state index in [-0.39, 0.29) is 41.8 Å². The van der Waals surface area contributed by atoms with Crippen LogP contribution in [0.15, 0.2) is 91.0 Å². The molecule has 1 heterocycles. The van der Waals surface area contributed by atoms with Gasteiger partial charge in [0, 0.05) is 17.7 Å². The first-order valence-corrected chi connectivity index (χ1v) is 14.5. The van der Waals surface area contributed by atoms with Crippen molar-refractivity contribution in [1.82, 2.24) is 10.2 Å². The minimum Gasteiger partial charge on any atom is -0.488 e. The molecule has 0 bridgehead atoms. The number of carbonyl (C=O) groups excluding carboxylic acids is 2. The van der Waals surface area contributed by atoms with Gasteiger partial charge in [0.25, 0.3) is 0 Å². The zero-order valence-electron chi connectivity index (χ0n) is 24.0. The lowest BCUT2D eigenvalue weighted by Gasteiger charge is -2.25. The van der Waals surface area contributed by atoms with E-state index in [2.05, 4.69) is 10.2 Å². The fourth-order valence-corrected chi connectivity index (χ4v) is 5.17. The van der Waals surface area contributed by atoms with Gasteiger partial charge in [-0.05, 0) is 48.2 Å². The van der Waals surface area contributed by atoms with E-state index in [0.29, 0.717) is 4.90 Å². The summed E-state index contributed by atoms with van der Waals surface area (Å²) in [5.41, 5.74) is 2.43. The predicted octanol–water partition coefficient (Wildman–Crippen LogP) is 7.56. The standard InChI is InChI=1S/C34H32F3N3O4/c35-34(36,37)33(42)40(21-27-16-19-30(39-38-27)26-14-8-3-9-15-26)28-17-18-29(32(41)44-23-25-12-6-2-7-13-25)31(20-28)43-22-24-10-4-1-5-11-24/h1-2,4-7,10-13,16-20,26H,3,8-9,14-15,21-23H2. The first-order valence-electron chi connectivity index (χ1n) is 14.5. The van der Waals surface area contributed by atoms with Crippen LogP contribution in [0.4, 0.5) is 18.9 Å². The normalized spacial score (nSPS) is 13.7. The number of hydrogen-bond acceptors (Lipinski definition) is 6. The molecule has 1 aromatic heterocycles. The molecule has 1 fully saturated rings. The third kappa shape index (κ3) is 8.00. The first-order chi connectivity index (χ1) is 21.3. The maximum Gasteiger partial charge on any atom is 0.471 e. The van der Waals surface area contributed by atoms with Crippen molar-refractivity contribution < 1.29 is 32.2 Å². The number of ether oxygens (including phenoxy) is 2. The van der Waals surface area contributed by atoms with Crippen LogP contribution in [0.1, 0.15) is 70.9 Å². The summed E-state index contributed by atoms with van der Waals surface area (Å²) < 4.78 is 52.8. The highest BCUT2D eigenvalue weighted by molar-refractivity contribution is 5.99. The molecule has 0 atom stereocenters. The van der Waals surface area contributed by atoms with Gasteiger partial charge < -0.3 is 9.47 Å². The predicted molar refractivity (Wildman–Crippen MR) is 158 cm³/mol. The van der Waals surface area contributed by atoms with Crippen molar-refractivity contribution >= 4 is 17.6 Å². The van der Waals surface area contributed by atoms with Gasteiger partial charge in [-0.15, -0.1) is 0 Å². The number of esters is 1. The molecule has 44 heavy (non-hydrogen) atoms. The van der Waals surface area contributed by atoms with Crippen LogP contribution in [-0.4, -0.2) is 28.3 Å². The highest BCUT2D eigenvalue weighted by atomic mass is 19.4. The molecule has 0 radical (unpaired) electrons. The van der Waals surface area contributed by atoms with Crippen molar-refractivity contribution in [3.63, 3.8) is 0 Å². The third-order valence-corrected chi connectivity index (χ3v) is 7.52. The van der Waals surface area contributed by atoms with E-state index in [0.717, 1.165) is 42.5 Å². The van der Waals surface area contributed by atoms with Crippen molar-refractivity contribution in [2.24, 2.45) is 0 Å². The number of halogens is 3. The molecule has 228 valence electrons. The summed E-state index contributed by atoms with van der Waals surface area (Å²) in [5.74, 6) is -2.55. The number of carbonyl (C=O) groups is 2. The van der Waals surface area contributed by atoms with Gasteiger partial charge >= 0.3 is 18.1 Å².